The Labute approximate surface area is 183 Å². The number of hydrogen-bond acceptors (Lipinski definition) is 6. The van der Waals surface area contributed by atoms with Crippen LogP contribution in [-0.4, -0.2) is 42.3 Å². The number of nitriles is 1. The Morgan fingerprint density at radius 3 is 2.58 bits per heavy atom. The number of aliphatic hydroxyl groups excluding tert-OH is 1. The number of amides is 2. The molecular weight excluding hydrogens is 414 g/mol. The Bertz CT molecular complexity index is 1110. The fourth-order valence-electron chi connectivity index (χ4n) is 3.32. The molecule has 1 aromatic heterocycles. The van der Waals surface area contributed by atoms with Crippen molar-refractivity contribution in [1.29, 1.82) is 5.26 Å². The van der Waals surface area contributed by atoms with Gasteiger partial charge in [0.25, 0.3) is 11.8 Å². The van der Waals surface area contributed by atoms with Gasteiger partial charge in [0, 0.05) is 22.8 Å². The smallest absolute Gasteiger partial charge is 0.259 e. The predicted molar refractivity (Wildman–Crippen MR) is 118 cm³/mol. The average molecular weight is 433 g/mol. The number of nitrogens with one attached hydrogen (secondary N) is 1. The lowest BCUT2D eigenvalue weighted by atomic mass is 10.1. The maximum absolute atomic E-state index is 12.9. The molecule has 0 radical (unpaired) electrons. The summed E-state index contributed by atoms with van der Waals surface area (Å²) >= 11 is 1.63. The number of rotatable bonds is 5. The van der Waals surface area contributed by atoms with Gasteiger partial charge in [-0.05, 0) is 53.4 Å². The number of carbonyl (C=O) groups excluding carboxylic acids is 2. The molecule has 2 N–H and O–H groups in total. The number of thiophene rings is 1. The molecule has 0 spiro atoms. The first kappa shape index (κ1) is 20.8. The van der Waals surface area contributed by atoms with E-state index < -0.39 is 24.0 Å². The van der Waals surface area contributed by atoms with Crippen LogP contribution < -0.4 is 10.2 Å². The normalized spacial score (nSPS) is 17.1. The highest BCUT2D eigenvalue weighted by molar-refractivity contribution is 7.13. The third-order valence-corrected chi connectivity index (χ3v) is 5.86. The molecule has 2 atom stereocenters. The zero-order chi connectivity index (χ0) is 21.8. The summed E-state index contributed by atoms with van der Waals surface area (Å²) in [6.45, 7) is 0.530. The van der Waals surface area contributed by atoms with Gasteiger partial charge in [0.05, 0.1) is 18.2 Å². The lowest BCUT2D eigenvalue weighted by Crippen LogP contribution is -2.55. The second-order valence-electron chi connectivity index (χ2n) is 6.93. The van der Waals surface area contributed by atoms with Crippen LogP contribution in [-0.2, 0) is 14.3 Å². The van der Waals surface area contributed by atoms with Crippen molar-refractivity contribution in [3.63, 3.8) is 0 Å². The highest BCUT2D eigenvalue weighted by Crippen LogP contribution is 2.28. The standard InChI is InChI=1S/C23H19N3O4S/c24-14-15-3-7-17(8-4-15)25-22(28)20(27)21-23(29)26(11-12-30-21)18-9-5-16(6-10-18)19-2-1-13-31-19/h1-10,13,20-21,27H,11-12H2,(H,25,28)/t20?,21-/m1/s1. The Morgan fingerprint density at radius 1 is 1.19 bits per heavy atom. The van der Waals surface area contributed by atoms with Crippen LogP contribution in [0.2, 0.25) is 0 Å². The fourth-order valence-corrected chi connectivity index (χ4v) is 4.05. The summed E-state index contributed by atoms with van der Waals surface area (Å²) in [6.07, 6.45) is -2.97. The monoisotopic (exact) mass is 433 g/mol. The maximum Gasteiger partial charge on any atom is 0.259 e. The second-order valence-corrected chi connectivity index (χ2v) is 7.88. The van der Waals surface area contributed by atoms with Gasteiger partial charge in [0.2, 0.25) is 0 Å². The molecule has 1 saturated heterocycles. The number of hydrogen-bond donors (Lipinski definition) is 2. The van der Waals surface area contributed by atoms with E-state index in [1.807, 2.05) is 47.8 Å². The molecule has 0 bridgehead atoms. The molecule has 3 aromatic rings. The Balaban J connectivity index is 1.44. The molecule has 7 nitrogen and oxygen atoms in total. The number of anilines is 2. The van der Waals surface area contributed by atoms with E-state index in [2.05, 4.69) is 5.32 Å². The number of nitrogens with zero attached hydrogens (tertiary/aromatic N) is 2. The van der Waals surface area contributed by atoms with Gasteiger partial charge in [-0.25, -0.2) is 0 Å². The van der Waals surface area contributed by atoms with Gasteiger partial charge in [-0.2, -0.15) is 5.26 Å². The molecular formula is C23H19N3O4S. The molecule has 31 heavy (non-hydrogen) atoms. The van der Waals surface area contributed by atoms with Crippen LogP contribution in [0.3, 0.4) is 0 Å². The van der Waals surface area contributed by atoms with Gasteiger partial charge in [-0.1, -0.05) is 18.2 Å². The first-order valence-corrected chi connectivity index (χ1v) is 10.5. The minimum absolute atomic E-state index is 0.199. The molecule has 1 unspecified atom stereocenters. The van der Waals surface area contributed by atoms with E-state index in [0.717, 1.165) is 10.4 Å². The Hall–Kier alpha value is -3.51. The van der Waals surface area contributed by atoms with Crippen molar-refractivity contribution in [3.8, 4) is 16.5 Å². The number of ether oxygens (including phenoxy) is 1. The lowest BCUT2D eigenvalue weighted by Gasteiger charge is -2.34. The Morgan fingerprint density at radius 2 is 1.94 bits per heavy atom. The van der Waals surface area contributed by atoms with Crippen LogP contribution >= 0.6 is 11.3 Å². The van der Waals surface area contributed by atoms with Gasteiger partial charge in [0.15, 0.2) is 12.2 Å². The van der Waals surface area contributed by atoms with Gasteiger partial charge in [-0.3, -0.25) is 9.59 Å². The number of morpholine rings is 1. The zero-order valence-electron chi connectivity index (χ0n) is 16.4. The first-order valence-electron chi connectivity index (χ1n) is 9.63. The third kappa shape index (κ3) is 4.49. The summed E-state index contributed by atoms with van der Waals surface area (Å²) < 4.78 is 5.44. The topological polar surface area (TPSA) is 103 Å². The Kier molecular flexibility index (Phi) is 6.09. The fraction of sp³-hybridized carbons (Fsp3) is 0.174. The van der Waals surface area contributed by atoms with Crippen molar-refractivity contribution < 1.29 is 19.4 Å². The molecule has 1 aliphatic heterocycles. The van der Waals surface area contributed by atoms with Crippen LogP contribution in [0.5, 0.6) is 0 Å². The third-order valence-electron chi connectivity index (χ3n) is 4.94. The van der Waals surface area contributed by atoms with Crippen LogP contribution in [0.4, 0.5) is 11.4 Å². The minimum atomic E-state index is -1.67. The second kappa shape index (κ2) is 9.10. The van der Waals surface area contributed by atoms with Crippen molar-refractivity contribution in [3.05, 3.63) is 71.6 Å². The van der Waals surface area contributed by atoms with Crippen molar-refractivity contribution in [1.82, 2.24) is 0 Å². The number of carbonyl (C=O) groups is 2. The summed E-state index contributed by atoms with van der Waals surface area (Å²) in [5, 5.41) is 23.9. The molecule has 2 aromatic carbocycles. The molecule has 4 rings (SSSR count). The SMILES string of the molecule is N#Cc1ccc(NC(=O)C(O)[C@H]2OCCN(c3ccc(-c4cccs4)cc3)C2=O)cc1. The first-order chi connectivity index (χ1) is 15.1. The highest BCUT2D eigenvalue weighted by atomic mass is 32.1. The molecule has 2 amide bonds. The van der Waals surface area contributed by atoms with Crippen molar-refractivity contribution in [2.75, 3.05) is 23.4 Å². The molecule has 1 fully saturated rings. The van der Waals surface area contributed by atoms with Gasteiger partial charge < -0.3 is 20.1 Å². The van der Waals surface area contributed by atoms with Crippen molar-refractivity contribution in [2.45, 2.75) is 12.2 Å². The van der Waals surface area contributed by atoms with Crippen LogP contribution in [0.25, 0.3) is 10.4 Å². The predicted octanol–water partition coefficient (Wildman–Crippen LogP) is 3.02. The van der Waals surface area contributed by atoms with E-state index in [-0.39, 0.29) is 6.61 Å². The van der Waals surface area contributed by atoms with E-state index in [1.165, 1.54) is 4.90 Å². The molecule has 0 saturated carbocycles. The molecule has 8 heteroatoms. The van der Waals surface area contributed by atoms with E-state index in [0.29, 0.717) is 23.5 Å². The molecule has 0 aliphatic carbocycles. The summed E-state index contributed by atoms with van der Waals surface area (Å²) in [5.41, 5.74) is 2.59. The summed E-state index contributed by atoms with van der Waals surface area (Å²) in [4.78, 5) is 28.1. The van der Waals surface area contributed by atoms with Gasteiger partial charge >= 0.3 is 0 Å². The molecule has 2 heterocycles. The van der Waals surface area contributed by atoms with E-state index in [4.69, 9.17) is 10.00 Å². The average Bonchev–Trinajstić information content (AvgIpc) is 3.34. The summed E-state index contributed by atoms with van der Waals surface area (Å²) in [5.74, 6) is -1.23. The number of benzene rings is 2. The quantitative estimate of drug-likeness (QED) is 0.644. The largest absolute Gasteiger partial charge is 0.380 e. The molecule has 156 valence electrons. The van der Waals surface area contributed by atoms with Gasteiger partial charge in [-0.15, -0.1) is 11.3 Å². The van der Waals surface area contributed by atoms with Crippen molar-refractivity contribution in [2.24, 2.45) is 0 Å². The van der Waals surface area contributed by atoms with Crippen LogP contribution in [0.1, 0.15) is 5.56 Å². The van der Waals surface area contributed by atoms with E-state index in [9.17, 15) is 14.7 Å². The van der Waals surface area contributed by atoms with Crippen molar-refractivity contribution >= 4 is 34.5 Å². The minimum Gasteiger partial charge on any atom is -0.380 e. The lowest BCUT2D eigenvalue weighted by molar-refractivity contribution is -0.150. The number of aliphatic hydroxyl groups is 1. The van der Waals surface area contributed by atoms with Gasteiger partial charge in [0.1, 0.15) is 0 Å². The molecule has 1 aliphatic rings. The van der Waals surface area contributed by atoms with E-state index >= 15 is 0 Å². The summed E-state index contributed by atoms with van der Waals surface area (Å²) in [6, 6.07) is 19.8. The highest BCUT2D eigenvalue weighted by Gasteiger charge is 2.39. The van der Waals surface area contributed by atoms with Crippen LogP contribution in [0, 0.1) is 11.3 Å². The summed E-state index contributed by atoms with van der Waals surface area (Å²) in [7, 11) is 0. The van der Waals surface area contributed by atoms with E-state index in [1.54, 1.807) is 35.6 Å². The maximum atomic E-state index is 12.9. The zero-order valence-corrected chi connectivity index (χ0v) is 17.2. The van der Waals surface area contributed by atoms with Crippen LogP contribution in [0.15, 0.2) is 66.0 Å².